The molecule has 1 saturated heterocycles. The van der Waals surface area contributed by atoms with Gasteiger partial charge in [0.15, 0.2) is 0 Å². The molecule has 7 heteroatoms. The third kappa shape index (κ3) is 2.79. The van der Waals surface area contributed by atoms with Crippen LogP contribution in [0, 0.1) is 5.92 Å². The largest absolute Gasteiger partial charge is 0.338 e. The van der Waals surface area contributed by atoms with E-state index in [0.717, 1.165) is 17.7 Å². The summed E-state index contributed by atoms with van der Waals surface area (Å²) in [5.74, 6) is 0.386. The molecule has 0 spiro atoms. The third-order valence-electron chi connectivity index (χ3n) is 5.67. The molecule has 2 unspecified atom stereocenters. The van der Waals surface area contributed by atoms with E-state index in [1.54, 1.807) is 24.8 Å². The van der Waals surface area contributed by atoms with Crippen LogP contribution in [0.1, 0.15) is 28.4 Å². The number of likely N-dealkylation sites (tertiary alicyclic amines) is 1. The molecule has 2 aliphatic heterocycles. The van der Waals surface area contributed by atoms with Crippen LogP contribution < -0.4 is 5.56 Å². The average Bonchev–Trinajstić information content (AvgIpc) is 2.75. The van der Waals surface area contributed by atoms with Crippen LogP contribution >= 0.6 is 0 Å². The highest BCUT2D eigenvalue weighted by molar-refractivity contribution is 5.93. The van der Waals surface area contributed by atoms with E-state index in [2.05, 4.69) is 15.0 Å². The molecule has 140 valence electrons. The van der Waals surface area contributed by atoms with E-state index in [9.17, 15) is 9.59 Å². The van der Waals surface area contributed by atoms with Gasteiger partial charge in [-0.15, -0.1) is 0 Å². The van der Waals surface area contributed by atoms with Crippen molar-refractivity contribution in [3.05, 3.63) is 77.0 Å². The first-order chi connectivity index (χ1) is 13.7. The van der Waals surface area contributed by atoms with Gasteiger partial charge in [-0.05, 0) is 30.5 Å². The Balaban J connectivity index is 1.47. The van der Waals surface area contributed by atoms with Crippen molar-refractivity contribution in [2.75, 3.05) is 13.1 Å². The summed E-state index contributed by atoms with van der Waals surface area (Å²) >= 11 is 0. The number of hydrogen-bond donors (Lipinski definition) is 0. The van der Waals surface area contributed by atoms with Crippen molar-refractivity contribution < 1.29 is 4.79 Å². The van der Waals surface area contributed by atoms with Gasteiger partial charge in [-0.3, -0.25) is 14.6 Å². The monoisotopic (exact) mass is 373 g/mol. The van der Waals surface area contributed by atoms with Gasteiger partial charge in [0.2, 0.25) is 0 Å². The first kappa shape index (κ1) is 16.8. The van der Waals surface area contributed by atoms with E-state index in [4.69, 9.17) is 0 Å². The summed E-state index contributed by atoms with van der Waals surface area (Å²) in [5, 5.41) is 0. The van der Waals surface area contributed by atoms with Gasteiger partial charge >= 0.3 is 0 Å². The zero-order valence-corrected chi connectivity index (χ0v) is 15.2. The zero-order chi connectivity index (χ0) is 19.1. The molecule has 0 aromatic carbocycles. The summed E-state index contributed by atoms with van der Waals surface area (Å²) in [5.41, 5.74) is 3.05. The number of fused-ring (bicyclic) bond motifs is 4. The SMILES string of the molecule is O=C(c1cncnc1)N1CC2CC(C1)c1ccc(-c3cccnc3)c(=O)n1C2. The number of nitrogens with zero attached hydrogens (tertiary/aromatic N) is 5. The maximum absolute atomic E-state index is 13.1. The second-order valence-electron chi connectivity index (χ2n) is 7.47. The van der Waals surface area contributed by atoms with Crippen LogP contribution in [0.15, 0.2) is 60.2 Å². The Bertz CT molecular complexity index is 1080. The lowest BCUT2D eigenvalue weighted by molar-refractivity contribution is 0.0594. The Labute approximate surface area is 161 Å². The highest BCUT2D eigenvalue weighted by atomic mass is 16.2. The zero-order valence-electron chi connectivity index (χ0n) is 15.2. The first-order valence-corrected chi connectivity index (χ1v) is 9.39. The van der Waals surface area contributed by atoms with Gasteiger partial charge in [-0.1, -0.05) is 6.07 Å². The molecular formula is C21H19N5O2. The van der Waals surface area contributed by atoms with Gasteiger partial charge in [0.25, 0.3) is 11.5 Å². The second kappa shape index (κ2) is 6.67. The van der Waals surface area contributed by atoms with Crippen molar-refractivity contribution in [1.29, 1.82) is 0 Å². The van der Waals surface area contributed by atoms with Gasteiger partial charge in [0.1, 0.15) is 6.33 Å². The van der Waals surface area contributed by atoms with E-state index in [0.29, 0.717) is 30.8 Å². The van der Waals surface area contributed by atoms with Crippen molar-refractivity contribution in [3.63, 3.8) is 0 Å². The van der Waals surface area contributed by atoms with Gasteiger partial charge < -0.3 is 9.47 Å². The van der Waals surface area contributed by atoms with Crippen molar-refractivity contribution in [3.8, 4) is 11.1 Å². The van der Waals surface area contributed by atoms with Crippen molar-refractivity contribution in [2.24, 2.45) is 5.92 Å². The Morgan fingerprint density at radius 1 is 1.00 bits per heavy atom. The molecule has 3 aromatic rings. The Morgan fingerprint density at radius 3 is 2.64 bits per heavy atom. The van der Waals surface area contributed by atoms with Crippen LogP contribution in [-0.2, 0) is 6.54 Å². The Morgan fingerprint density at radius 2 is 1.86 bits per heavy atom. The van der Waals surface area contributed by atoms with Crippen LogP contribution in [0.3, 0.4) is 0 Å². The van der Waals surface area contributed by atoms with Gasteiger partial charge in [-0.25, -0.2) is 9.97 Å². The number of hydrogen-bond acceptors (Lipinski definition) is 5. The molecule has 0 saturated carbocycles. The van der Waals surface area contributed by atoms with Crippen LogP contribution in [0.2, 0.25) is 0 Å². The number of pyridine rings is 2. The summed E-state index contributed by atoms with van der Waals surface area (Å²) < 4.78 is 1.90. The molecule has 2 aliphatic rings. The minimum Gasteiger partial charge on any atom is -0.338 e. The van der Waals surface area contributed by atoms with E-state index in [1.165, 1.54) is 6.33 Å². The number of rotatable bonds is 2. The molecule has 7 nitrogen and oxygen atoms in total. The average molecular weight is 373 g/mol. The summed E-state index contributed by atoms with van der Waals surface area (Å²) in [6.45, 7) is 1.89. The quantitative estimate of drug-likeness (QED) is 0.686. The van der Waals surface area contributed by atoms with Crippen molar-refractivity contribution in [1.82, 2.24) is 24.4 Å². The number of aromatic nitrogens is 4. The molecule has 5 rings (SSSR count). The maximum Gasteiger partial charge on any atom is 0.258 e. The fourth-order valence-electron chi connectivity index (χ4n) is 4.45. The highest BCUT2D eigenvalue weighted by Gasteiger charge is 2.37. The molecule has 2 atom stereocenters. The predicted octanol–water partition coefficient (Wildman–Crippen LogP) is 1.96. The number of carbonyl (C=O) groups is 1. The predicted molar refractivity (Wildman–Crippen MR) is 103 cm³/mol. The van der Waals surface area contributed by atoms with Gasteiger partial charge in [0.05, 0.1) is 5.56 Å². The number of amides is 1. The first-order valence-electron chi connectivity index (χ1n) is 9.39. The van der Waals surface area contributed by atoms with Gasteiger partial charge in [-0.2, -0.15) is 0 Å². The van der Waals surface area contributed by atoms with E-state index >= 15 is 0 Å². The molecule has 3 aromatic heterocycles. The van der Waals surface area contributed by atoms with E-state index in [-0.39, 0.29) is 23.3 Å². The molecule has 0 aliphatic carbocycles. The minimum atomic E-state index is -0.0434. The molecule has 0 N–H and O–H groups in total. The summed E-state index contributed by atoms with van der Waals surface area (Å²) in [7, 11) is 0. The fourth-order valence-corrected chi connectivity index (χ4v) is 4.45. The van der Waals surface area contributed by atoms with Crippen molar-refractivity contribution in [2.45, 2.75) is 18.9 Å². The van der Waals surface area contributed by atoms with Crippen molar-refractivity contribution >= 4 is 5.91 Å². The summed E-state index contributed by atoms with van der Waals surface area (Å²) in [4.78, 5) is 39.8. The molecular weight excluding hydrogens is 354 g/mol. The molecule has 2 bridgehead atoms. The standard InChI is InChI=1S/C21H19N5O2/c27-20(17-8-23-13-24-9-17)25-10-14-6-16(12-25)19-4-3-18(21(28)26(19)11-14)15-2-1-5-22-7-15/h1-5,7-9,13-14,16H,6,10-12H2. The van der Waals surface area contributed by atoms with Gasteiger partial charge in [0, 0.05) is 67.2 Å². The highest BCUT2D eigenvalue weighted by Crippen LogP contribution is 2.36. The lowest BCUT2D eigenvalue weighted by Crippen LogP contribution is -2.49. The fraction of sp³-hybridized carbons (Fsp3) is 0.286. The van der Waals surface area contributed by atoms with E-state index in [1.807, 2.05) is 33.7 Å². The molecule has 1 fully saturated rings. The van der Waals surface area contributed by atoms with Crippen LogP contribution in [0.5, 0.6) is 0 Å². The molecule has 1 amide bonds. The van der Waals surface area contributed by atoms with Crippen LogP contribution in [0.25, 0.3) is 11.1 Å². The lowest BCUT2D eigenvalue weighted by atomic mass is 9.82. The third-order valence-corrected chi connectivity index (χ3v) is 5.67. The summed E-state index contributed by atoms with van der Waals surface area (Å²) in [6, 6.07) is 7.66. The van der Waals surface area contributed by atoms with Crippen LogP contribution in [-0.4, -0.2) is 43.4 Å². The topological polar surface area (TPSA) is 81.0 Å². The summed E-state index contributed by atoms with van der Waals surface area (Å²) in [6.07, 6.45) is 8.95. The Kier molecular flexibility index (Phi) is 4.00. The maximum atomic E-state index is 13.1. The molecule has 28 heavy (non-hydrogen) atoms. The normalized spacial score (nSPS) is 20.5. The number of carbonyl (C=O) groups excluding carboxylic acids is 1. The van der Waals surface area contributed by atoms with Crippen LogP contribution in [0.4, 0.5) is 0 Å². The van der Waals surface area contributed by atoms with E-state index < -0.39 is 0 Å². The second-order valence-corrected chi connectivity index (χ2v) is 7.47. The molecule has 0 radical (unpaired) electrons. The smallest absolute Gasteiger partial charge is 0.258 e. The number of piperidine rings is 1. The Hall–Kier alpha value is -3.35. The lowest BCUT2D eigenvalue weighted by Gasteiger charge is -2.42. The molecule has 5 heterocycles. The minimum absolute atomic E-state index is 0.0245.